The van der Waals surface area contributed by atoms with Gasteiger partial charge in [-0.05, 0) is 29.8 Å². The molecule has 0 fully saturated rings. The van der Waals surface area contributed by atoms with Gasteiger partial charge in [-0.2, -0.15) is 5.10 Å². The highest BCUT2D eigenvalue weighted by molar-refractivity contribution is 5.85. The van der Waals surface area contributed by atoms with E-state index in [9.17, 15) is 13.2 Å². The first-order valence-electron chi connectivity index (χ1n) is 10.8. The highest BCUT2D eigenvalue weighted by Crippen LogP contribution is 2.32. The number of anilines is 1. The summed E-state index contributed by atoms with van der Waals surface area (Å²) in [6.45, 7) is 0.0897. The summed E-state index contributed by atoms with van der Waals surface area (Å²) in [5.74, 6) is 1.31. The third-order valence-corrected chi connectivity index (χ3v) is 5.42. The maximum absolute atomic E-state index is 13.1. The van der Waals surface area contributed by atoms with Crippen molar-refractivity contribution >= 4 is 16.9 Å². The molecule has 1 aromatic carbocycles. The van der Waals surface area contributed by atoms with Gasteiger partial charge in [0.05, 0.1) is 18.1 Å². The van der Waals surface area contributed by atoms with Crippen LogP contribution in [-0.2, 0) is 26.4 Å². The Morgan fingerprint density at radius 3 is 2.77 bits per heavy atom. The number of hydrogen-bond donors (Lipinski definition) is 2. The van der Waals surface area contributed by atoms with Crippen LogP contribution in [0.15, 0.2) is 65.7 Å². The summed E-state index contributed by atoms with van der Waals surface area (Å²) in [5, 5.41) is 7.25. The first kappa shape index (κ1) is 22.5. The van der Waals surface area contributed by atoms with Crippen molar-refractivity contribution in [2.45, 2.75) is 25.7 Å². The SMILES string of the molecule is Cn1cc(-c2ccc(CNc3ccnc4[nH]c(CCc5ccco5)nc34)c(OC(F)(F)F)c2)cn1. The maximum Gasteiger partial charge on any atom is 0.573 e. The molecule has 2 N–H and O–H groups in total. The van der Waals surface area contributed by atoms with Crippen LogP contribution in [0.25, 0.3) is 22.3 Å². The van der Waals surface area contributed by atoms with Gasteiger partial charge in [0.15, 0.2) is 5.65 Å². The van der Waals surface area contributed by atoms with Crippen molar-refractivity contribution < 1.29 is 22.3 Å². The number of H-pyrrole nitrogens is 1. The Morgan fingerprint density at radius 2 is 2.03 bits per heavy atom. The van der Waals surface area contributed by atoms with Crippen molar-refractivity contribution in [3.05, 3.63) is 78.4 Å². The predicted octanol–water partition coefficient (Wildman–Crippen LogP) is 5.25. The van der Waals surface area contributed by atoms with Crippen LogP contribution in [0.5, 0.6) is 5.75 Å². The maximum atomic E-state index is 13.1. The monoisotopic (exact) mass is 482 g/mol. The second-order valence-electron chi connectivity index (χ2n) is 7.95. The normalized spacial score (nSPS) is 11.8. The smallest absolute Gasteiger partial charge is 0.469 e. The standard InChI is InChI=1S/C24H21F3N6O2/c1-33-14-17(13-30-33)15-4-5-16(20(11-15)35-24(25,26)27)12-29-19-8-9-28-23-22(19)31-21(32-23)7-6-18-3-2-10-34-18/h2-5,8-11,13-14H,6-7,12H2,1H3,(H2,28,29,31,32). The Bertz CT molecular complexity index is 1440. The molecule has 0 amide bonds. The van der Waals surface area contributed by atoms with Gasteiger partial charge in [0.25, 0.3) is 0 Å². The van der Waals surface area contributed by atoms with Crippen LogP contribution in [0.4, 0.5) is 18.9 Å². The number of aromatic nitrogens is 5. The number of aromatic amines is 1. The molecule has 35 heavy (non-hydrogen) atoms. The number of nitrogens with one attached hydrogen (secondary N) is 2. The number of furan rings is 1. The molecule has 0 saturated heterocycles. The van der Waals surface area contributed by atoms with E-state index in [2.05, 4.69) is 30.1 Å². The van der Waals surface area contributed by atoms with E-state index in [1.807, 2.05) is 12.1 Å². The first-order valence-corrected chi connectivity index (χ1v) is 10.8. The quantitative estimate of drug-likeness (QED) is 0.314. The zero-order valence-electron chi connectivity index (χ0n) is 18.6. The summed E-state index contributed by atoms with van der Waals surface area (Å²) in [7, 11) is 1.74. The summed E-state index contributed by atoms with van der Waals surface area (Å²) in [5.41, 5.74) is 3.43. The van der Waals surface area contributed by atoms with Gasteiger partial charge in [-0.25, -0.2) is 9.97 Å². The molecule has 0 aliphatic heterocycles. The average Bonchev–Trinajstić information content (AvgIpc) is 3.56. The lowest BCUT2D eigenvalue weighted by atomic mass is 10.1. The van der Waals surface area contributed by atoms with Crippen LogP contribution in [0, 0.1) is 0 Å². The van der Waals surface area contributed by atoms with Crippen LogP contribution in [0.3, 0.4) is 0 Å². The van der Waals surface area contributed by atoms with Gasteiger partial charge in [0.2, 0.25) is 0 Å². The van der Waals surface area contributed by atoms with Gasteiger partial charge in [-0.3, -0.25) is 4.68 Å². The number of imidazole rings is 1. The molecular formula is C24H21F3N6O2. The zero-order valence-corrected chi connectivity index (χ0v) is 18.6. The number of aryl methyl sites for hydroxylation is 3. The van der Waals surface area contributed by atoms with Gasteiger partial charge in [-0.15, -0.1) is 13.2 Å². The second-order valence-corrected chi connectivity index (χ2v) is 7.95. The number of halogens is 3. The third-order valence-electron chi connectivity index (χ3n) is 5.42. The molecule has 0 radical (unpaired) electrons. The Kier molecular flexibility index (Phi) is 5.89. The van der Waals surface area contributed by atoms with Gasteiger partial charge in [0.1, 0.15) is 22.9 Å². The van der Waals surface area contributed by atoms with E-state index in [-0.39, 0.29) is 12.3 Å². The molecule has 0 spiro atoms. The molecule has 0 aliphatic carbocycles. The molecular weight excluding hydrogens is 461 g/mol. The van der Waals surface area contributed by atoms with E-state index in [0.717, 1.165) is 11.6 Å². The van der Waals surface area contributed by atoms with Crippen molar-refractivity contribution in [1.82, 2.24) is 24.7 Å². The zero-order chi connectivity index (χ0) is 24.4. The average molecular weight is 482 g/mol. The van der Waals surface area contributed by atoms with Gasteiger partial charge < -0.3 is 19.5 Å². The number of alkyl halides is 3. The Hall–Kier alpha value is -4.28. The van der Waals surface area contributed by atoms with E-state index in [1.165, 1.54) is 6.07 Å². The number of benzene rings is 1. The minimum Gasteiger partial charge on any atom is -0.469 e. The number of pyridine rings is 1. The molecule has 180 valence electrons. The summed E-state index contributed by atoms with van der Waals surface area (Å²) in [6.07, 6.45) is 3.02. The predicted molar refractivity (Wildman–Crippen MR) is 123 cm³/mol. The van der Waals surface area contributed by atoms with Crippen molar-refractivity contribution in [3.63, 3.8) is 0 Å². The van der Waals surface area contributed by atoms with Gasteiger partial charge in [0, 0.05) is 50.0 Å². The summed E-state index contributed by atoms with van der Waals surface area (Å²) < 4.78 is 50.6. The third kappa shape index (κ3) is 5.29. The number of ether oxygens (including phenoxy) is 1. The molecule has 0 unspecified atom stereocenters. The summed E-state index contributed by atoms with van der Waals surface area (Å²) in [4.78, 5) is 12.1. The summed E-state index contributed by atoms with van der Waals surface area (Å²) >= 11 is 0. The molecule has 0 atom stereocenters. The van der Waals surface area contributed by atoms with Crippen LogP contribution in [0.2, 0.25) is 0 Å². The van der Waals surface area contributed by atoms with E-state index >= 15 is 0 Å². The number of nitrogens with zero attached hydrogens (tertiary/aromatic N) is 4. The molecule has 0 saturated carbocycles. The minimum absolute atomic E-state index is 0.0897. The number of fused-ring (bicyclic) bond motifs is 1. The molecule has 4 heterocycles. The highest BCUT2D eigenvalue weighted by atomic mass is 19.4. The molecule has 0 bridgehead atoms. The van der Waals surface area contributed by atoms with E-state index in [1.54, 1.807) is 54.8 Å². The van der Waals surface area contributed by atoms with E-state index < -0.39 is 6.36 Å². The van der Waals surface area contributed by atoms with Gasteiger partial charge >= 0.3 is 6.36 Å². The van der Waals surface area contributed by atoms with Crippen molar-refractivity contribution in [2.75, 3.05) is 5.32 Å². The van der Waals surface area contributed by atoms with Crippen LogP contribution in [-0.4, -0.2) is 31.1 Å². The molecule has 8 nitrogen and oxygen atoms in total. The Morgan fingerprint density at radius 1 is 1.14 bits per heavy atom. The van der Waals surface area contributed by atoms with Crippen LogP contribution >= 0.6 is 0 Å². The van der Waals surface area contributed by atoms with Crippen LogP contribution in [0.1, 0.15) is 17.1 Å². The fraction of sp³-hybridized carbons (Fsp3) is 0.208. The molecule has 5 aromatic rings. The largest absolute Gasteiger partial charge is 0.573 e. The lowest BCUT2D eigenvalue weighted by Gasteiger charge is -2.15. The fourth-order valence-electron chi connectivity index (χ4n) is 3.78. The van der Waals surface area contributed by atoms with Crippen molar-refractivity contribution in [2.24, 2.45) is 7.05 Å². The van der Waals surface area contributed by atoms with Gasteiger partial charge in [-0.1, -0.05) is 12.1 Å². The summed E-state index contributed by atoms with van der Waals surface area (Å²) in [6, 6.07) is 10.2. The van der Waals surface area contributed by atoms with Crippen molar-refractivity contribution in [1.29, 1.82) is 0 Å². The highest BCUT2D eigenvalue weighted by Gasteiger charge is 2.32. The minimum atomic E-state index is -4.82. The van der Waals surface area contributed by atoms with E-state index in [4.69, 9.17) is 4.42 Å². The van der Waals surface area contributed by atoms with Crippen molar-refractivity contribution in [3.8, 4) is 16.9 Å². The molecule has 11 heteroatoms. The Balaban J connectivity index is 1.37. The topological polar surface area (TPSA) is 93.8 Å². The lowest BCUT2D eigenvalue weighted by Crippen LogP contribution is -2.18. The number of hydrogen-bond acceptors (Lipinski definition) is 6. The molecule has 4 aromatic heterocycles. The number of rotatable bonds is 8. The van der Waals surface area contributed by atoms with E-state index in [0.29, 0.717) is 46.4 Å². The second kappa shape index (κ2) is 9.16. The first-order chi connectivity index (χ1) is 16.8. The Labute approximate surface area is 197 Å². The fourth-order valence-corrected chi connectivity index (χ4v) is 3.78. The lowest BCUT2D eigenvalue weighted by molar-refractivity contribution is -0.274. The van der Waals surface area contributed by atoms with Crippen LogP contribution < -0.4 is 10.1 Å². The molecule has 0 aliphatic rings. The molecule has 5 rings (SSSR count).